The first-order valence-corrected chi connectivity index (χ1v) is 9.54. The summed E-state index contributed by atoms with van der Waals surface area (Å²) in [5, 5.41) is 4.03. The number of hydrogen-bond acceptors (Lipinski definition) is 7. The van der Waals surface area contributed by atoms with E-state index in [2.05, 4.69) is 5.16 Å². The van der Waals surface area contributed by atoms with Crippen molar-refractivity contribution in [3.05, 3.63) is 58.9 Å². The van der Waals surface area contributed by atoms with E-state index < -0.39 is 17.3 Å². The Bertz CT molecular complexity index is 978. The number of aromatic nitrogens is 1. The van der Waals surface area contributed by atoms with E-state index in [1.807, 2.05) is 56.3 Å². The number of hydrogen-bond donors (Lipinski definition) is 0. The van der Waals surface area contributed by atoms with Crippen molar-refractivity contribution in [3.8, 4) is 5.88 Å². The highest BCUT2D eigenvalue weighted by Gasteiger charge is 2.62. The van der Waals surface area contributed by atoms with Gasteiger partial charge in [-0.2, -0.15) is 0 Å². The molecule has 3 atom stereocenters. The zero-order valence-corrected chi connectivity index (χ0v) is 17.0. The molecule has 1 heterocycles. The van der Waals surface area contributed by atoms with Gasteiger partial charge in [0.2, 0.25) is 5.78 Å². The average Bonchev–Trinajstić information content (AvgIpc) is 3.10. The Kier molecular flexibility index (Phi) is 4.88. The molecule has 2 aromatic rings. The van der Waals surface area contributed by atoms with E-state index in [0.29, 0.717) is 12.2 Å². The summed E-state index contributed by atoms with van der Waals surface area (Å²) in [4.78, 5) is 28.6. The van der Waals surface area contributed by atoms with Crippen LogP contribution in [0, 0.1) is 5.92 Å². The molecule has 1 aromatic heterocycles. The molecule has 2 aliphatic rings. The molecule has 0 amide bonds. The van der Waals surface area contributed by atoms with Crippen LogP contribution in [0.25, 0.3) is 0 Å². The number of allylic oxidation sites excluding steroid dienone is 1. The third-order valence-corrected chi connectivity index (χ3v) is 5.81. The minimum Gasteiger partial charge on any atom is -0.470 e. The molecule has 0 fully saturated rings. The van der Waals surface area contributed by atoms with Crippen LogP contribution in [0.1, 0.15) is 41.1 Å². The summed E-state index contributed by atoms with van der Waals surface area (Å²) in [5.41, 5.74) is 0.441. The fourth-order valence-corrected chi connectivity index (χ4v) is 4.51. The van der Waals surface area contributed by atoms with E-state index in [1.54, 1.807) is 0 Å². The minimum atomic E-state index is -1.60. The fourth-order valence-electron chi connectivity index (χ4n) is 4.51. The van der Waals surface area contributed by atoms with Crippen molar-refractivity contribution in [2.75, 3.05) is 21.2 Å². The number of ether oxygens (including phenoxy) is 2. The number of carbonyl (C=O) groups is 2. The van der Waals surface area contributed by atoms with Gasteiger partial charge in [0.15, 0.2) is 17.1 Å². The van der Waals surface area contributed by atoms with E-state index in [-0.39, 0.29) is 29.9 Å². The molecule has 7 nitrogen and oxygen atoms in total. The Morgan fingerprint density at radius 1 is 1.24 bits per heavy atom. The third kappa shape index (κ3) is 2.92. The van der Waals surface area contributed by atoms with Gasteiger partial charge in [0.25, 0.3) is 5.88 Å². The molecule has 1 aromatic carbocycles. The number of carbonyl (C=O) groups excluding carboxylic acids is 2. The van der Waals surface area contributed by atoms with Gasteiger partial charge in [-0.3, -0.25) is 14.5 Å². The van der Waals surface area contributed by atoms with Gasteiger partial charge >= 0.3 is 0 Å². The highest BCUT2D eigenvalue weighted by atomic mass is 16.5. The lowest BCUT2D eigenvalue weighted by Crippen LogP contribution is -2.61. The van der Waals surface area contributed by atoms with Crippen molar-refractivity contribution in [1.29, 1.82) is 0 Å². The quantitative estimate of drug-likeness (QED) is 0.719. The molecule has 152 valence electrons. The fraction of sp³-hybridized carbons (Fsp3) is 0.409. The van der Waals surface area contributed by atoms with Gasteiger partial charge in [0, 0.05) is 13.0 Å². The summed E-state index contributed by atoms with van der Waals surface area (Å²) in [6, 6.07) is 9.22. The van der Waals surface area contributed by atoms with Crippen molar-refractivity contribution < 1.29 is 23.6 Å². The van der Waals surface area contributed by atoms with Gasteiger partial charge in [-0.1, -0.05) is 35.9 Å². The second-order valence-corrected chi connectivity index (χ2v) is 7.84. The summed E-state index contributed by atoms with van der Waals surface area (Å²) < 4.78 is 17.1. The second-order valence-electron chi connectivity index (χ2n) is 7.84. The van der Waals surface area contributed by atoms with Crippen LogP contribution in [0.4, 0.5) is 0 Å². The Labute approximate surface area is 169 Å². The number of benzene rings is 1. The molecule has 2 aliphatic carbocycles. The van der Waals surface area contributed by atoms with Crippen LogP contribution >= 0.6 is 0 Å². The largest absolute Gasteiger partial charge is 0.470 e. The summed E-state index contributed by atoms with van der Waals surface area (Å²) in [6.07, 6.45) is 2.06. The van der Waals surface area contributed by atoms with E-state index in [9.17, 15) is 9.59 Å². The zero-order valence-electron chi connectivity index (χ0n) is 17.0. The summed E-state index contributed by atoms with van der Waals surface area (Å²) >= 11 is 0. The van der Waals surface area contributed by atoms with Gasteiger partial charge in [-0.25, -0.2) is 0 Å². The van der Waals surface area contributed by atoms with Crippen LogP contribution in [0.2, 0.25) is 0 Å². The van der Waals surface area contributed by atoms with E-state index in [4.69, 9.17) is 14.0 Å². The van der Waals surface area contributed by atoms with Crippen LogP contribution in [-0.4, -0.2) is 48.4 Å². The van der Waals surface area contributed by atoms with Crippen molar-refractivity contribution in [1.82, 2.24) is 10.1 Å². The lowest BCUT2D eigenvalue weighted by molar-refractivity contribution is -0.142. The molecule has 0 aliphatic heterocycles. The highest BCUT2D eigenvalue weighted by molar-refractivity contribution is 6.23. The van der Waals surface area contributed by atoms with Gasteiger partial charge in [0.1, 0.15) is 12.2 Å². The molecule has 7 heteroatoms. The maximum atomic E-state index is 13.6. The molecule has 0 N–H and O–H groups in total. The smallest absolute Gasteiger partial charge is 0.265 e. The number of Topliss-reactive ketones (excluding diaryl/α,β-unsaturated/α-hetero) is 1. The maximum absolute atomic E-state index is 13.6. The molecule has 0 saturated heterocycles. The zero-order chi connectivity index (χ0) is 20.8. The van der Waals surface area contributed by atoms with E-state index >= 15 is 0 Å². The van der Waals surface area contributed by atoms with Crippen LogP contribution in [0.15, 0.2) is 46.5 Å². The predicted molar refractivity (Wildman–Crippen MR) is 105 cm³/mol. The molecule has 0 bridgehead atoms. The number of ketones is 2. The lowest BCUT2D eigenvalue weighted by Gasteiger charge is -2.46. The van der Waals surface area contributed by atoms with Gasteiger partial charge in [0.05, 0.1) is 6.04 Å². The van der Waals surface area contributed by atoms with Gasteiger partial charge in [-0.05, 0) is 44.2 Å². The topological polar surface area (TPSA) is 81.9 Å². The number of methoxy groups -OCH3 is 1. The van der Waals surface area contributed by atoms with Crippen LogP contribution in [-0.2, 0) is 16.1 Å². The summed E-state index contributed by atoms with van der Waals surface area (Å²) in [6.45, 7) is 2.12. The van der Waals surface area contributed by atoms with Crippen LogP contribution in [0.5, 0.6) is 5.88 Å². The normalized spacial score (nSPS) is 26.2. The lowest BCUT2D eigenvalue weighted by atomic mass is 9.63. The van der Waals surface area contributed by atoms with Crippen LogP contribution < -0.4 is 4.74 Å². The number of fused-ring (bicyclic) bond motifs is 2. The number of rotatable bonds is 5. The van der Waals surface area contributed by atoms with Crippen molar-refractivity contribution in [2.45, 2.75) is 31.6 Å². The van der Waals surface area contributed by atoms with Crippen molar-refractivity contribution >= 4 is 11.6 Å². The monoisotopic (exact) mass is 396 g/mol. The molecular weight excluding hydrogens is 372 g/mol. The first-order valence-electron chi connectivity index (χ1n) is 9.54. The van der Waals surface area contributed by atoms with Crippen molar-refractivity contribution in [2.24, 2.45) is 5.92 Å². The van der Waals surface area contributed by atoms with E-state index in [0.717, 1.165) is 11.1 Å². The second kappa shape index (κ2) is 7.24. The summed E-state index contributed by atoms with van der Waals surface area (Å²) in [5.74, 6) is -0.685. The molecule has 29 heavy (non-hydrogen) atoms. The average molecular weight is 396 g/mol. The molecular formula is C22H24N2O5. The standard InChI is InChI=1S/C22H24N2O5/c1-13-10-15-18(24(2)3)19-17(20(26)22(15,27-4)16(25)11-13)21(23-29-19)28-12-14-8-6-5-7-9-14/h5-9,11,15,18H,10,12H2,1-4H3. The Hall–Kier alpha value is -2.77. The van der Waals surface area contributed by atoms with Gasteiger partial charge < -0.3 is 14.0 Å². The number of nitrogens with zero attached hydrogens (tertiary/aromatic N) is 2. The van der Waals surface area contributed by atoms with E-state index in [1.165, 1.54) is 13.2 Å². The SMILES string of the molecule is COC12C(=O)C=C(C)CC1C(N(C)C)c1onc(OCc3ccccc3)c1C2=O. The minimum absolute atomic E-state index is 0.0923. The molecule has 4 rings (SSSR count). The Morgan fingerprint density at radius 2 is 1.97 bits per heavy atom. The third-order valence-electron chi connectivity index (χ3n) is 5.81. The first-order chi connectivity index (χ1) is 13.9. The molecule has 0 radical (unpaired) electrons. The molecule has 0 spiro atoms. The highest BCUT2D eigenvalue weighted by Crippen LogP contribution is 2.51. The Morgan fingerprint density at radius 3 is 2.62 bits per heavy atom. The maximum Gasteiger partial charge on any atom is 0.265 e. The predicted octanol–water partition coefficient (Wildman–Crippen LogP) is 2.97. The van der Waals surface area contributed by atoms with Gasteiger partial charge in [-0.15, -0.1) is 0 Å². The molecule has 0 saturated carbocycles. The van der Waals surface area contributed by atoms with Crippen LogP contribution in [0.3, 0.4) is 0 Å². The first kappa shape index (κ1) is 19.5. The Balaban J connectivity index is 1.79. The summed E-state index contributed by atoms with van der Waals surface area (Å²) in [7, 11) is 5.18. The van der Waals surface area contributed by atoms with Crippen molar-refractivity contribution in [3.63, 3.8) is 0 Å². The molecule has 3 unspecified atom stereocenters.